The number of carbonyl (C=O) groups is 1. The molecule has 2 aliphatic heterocycles. The number of carbonyl (C=O) groups excluding carboxylic acids is 1. The van der Waals surface area contributed by atoms with Crippen molar-refractivity contribution in [3.63, 3.8) is 0 Å². The zero-order valence-corrected chi connectivity index (χ0v) is 15.7. The van der Waals surface area contributed by atoms with Crippen molar-refractivity contribution >= 4 is 11.9 Å². The Balaban J connectivity index is 1.46. The summed E-state index contributed by atoms with van der Waals surface area (Å²) in [7, 11) is 1.77. The summed E-state index contributed by atoms with van der Waals surface area (Å²) in [4.78, 5) is 18.7. The molecule has 3 rings (SSSR count). The van der Waals surface area contributed by atoms with E-state index in [1.807, 2.05) is 29.2 Å². The van der Waals surface area contributed by atoms with Gasteiger partial charge in [0.2, 0.25) is 0 Å². The van der Waals surface area contributed by atoms with Crippen molar-refractivity contribution < 1.29 is 9.53 Å². The summed E-state index contributed by atoms with van der Waals surface area (Å²) in [6, 6.07) is 7.88. The highest BCUT2D eigenvalue weighted by atomic mass is 16.5. The predicted octanol–water partition coefficient (Wildman–Crippen LogP) is 2.16. The first-order valence-corrected chi connectivity index (χ1v) is 9.70. The quantitative estimate of drug-likeness (QED) is 0.625. The smallest absolute Gasteiger partial charge is 0.253 e. The van der Waals surface area contributed by atoms with Crippen LogP contribution in [-0.4, -0.2) is 56.2 Å². The van der Waals surface area contributed by atoms with Gasteiger partial charge in [0, 0.05) is 45.4 Å². The molecule has 2 fully saturated rings. The highest BCUT2D eigenvalue weighted by Crippen LogP contribution is 2.14. The molecule has 26 heavy (non-hydrogen) atoms. The van der Waals surface area contributed by atoms with Crippen LogP contribution >= 0.6 is 0 Å². The van der Waals surface area contributed by atoms with Crippen LogP contribution in [0.4, 0.5) is 0 Å². The Morgan fingerprint density at radius 1 is 1.15 bits per heavy atom. The van der Waals surface area contributed by atoms with Gasteiger partial charge in [0.05, 0.1) is 6.10 Å². The summed E-state index contributed by atoms with van der Waals surface area (Å²) >= 11 is 0. The van der Waals surface area contributed by atoms with E-state index >= 15 is 0 Å². The molecule has 0 radical (unpaired) electrons. The van der Waals surface area contributed by atoms with Crippen molar-refractivity contribution in [3.8, 4) is 0 Å². The second kappa shape index (κ2) is 9.57. The minimum atomic E-state index is 0.151. The van der Waals surface area contributed by atoms with E-state index in [0.717, 1.165) is 69.0 Å². The molecule has 1 atom stereocenters. The molecule has 6 nitrogen and oxygen atoms in total. The molecule has 0 aliphatic carbocycles. The van der Waals surface area contributed by atoms with E-state index in [2.05, 4.69) is 15.6 Å². The summed E-state index contributed by atoms with van der Waals surface area (Å²) in [6.07, 6.45) is 6.00. The third kappa shape index (κ3) is 5.21. The third-order valence-electron chi connectivity index (χ3n) is 5.05. The summed E-state index contributed by atoms with van der Waals surface area (Å²) < 4.78 is 5.61. The number of amides is 1. The molecule has 2 saturated heterocycles. The second-order valence-electron chi connectivity index (χ2n) is 6.99. The van der Waals surface area contributed by atoms with Gasteiger partial charge in [0.15, 0.2) is 5.96 Å². The number of benzene rings is 1. The van der Waals surface area contributed by atoms with E-state index < -0.39 is 0 Å². The van der Waals surface area contributed by atoms with Crippen LogP contribution in [0, 0.1) is 0 Å². The molecule has 2 N–H and O–H groups in total. The first kappa shape index (κ1) is 18.7. The topological polar surface area (TPSA) is 66.0 Å². The molecule has 1 aromatic carbocycles. The summed E-state index contributed by atoms with van der Waals surface area (Å²) in [5.41, 5.74) is 1.90. The highest BCUT2D eigenvalue weighted by Gasteiger charge is 2.18. The fourth-order valence-electron chi connectivity index (χ4n) is 3.47. The predicted molar refractivity (Wildman–Crippen MR) is 103 cm³/mol. The molecule has 2 heterocycles. The summed E-state index contributed by atoms with van der Waals surface area (Å²) in [6.45, 7) is 4.08. The lowest BCUT2D eigenvalue weighted by Crippen LogP contribution is -2.40. The number of guanidine groups is 1. The number of nitrogens with one attached hydrogen (secondary N) is 2. The number of hydrogen-bond acceptors (Lipinski definition) is 3. The molecule has 0 spiro atoms. The molecule has 142 valence electrons. The van der Waals surface area contributed by atoms with Gasteiger partial charge in [0.1, 0.15) is 0 Å². The lowest BCUT2D eigenvalue weighted by atomic mass is 10.1. The van der Waals surface area contributed by atoms with Crippen LogP contribution in [0.15, 0.2) is 29.3 Å². The molecular weight excluding hydrogens is 328 g/mol. The minimum absolute atomic E-state index is 0.151. The Kier molecular flexibility index (Phi) is 6.89. The van der Waals surface area contributed by atoms with Crippen LogP contribution in [0.5, 0.6) is 0 Å². The largest absolute Gasteiger partial charge is 0.376 e. The molecule has 0 aromatic heterocycles. The molecule has 0 saturated carbocycles. The number of hydrogen-bond donors (Lipinski definition) is 2. The number of aliphatic imine (C=N–C) groups is 1. The number of piperidine rings is 1. The molecule has 1 amide bonds. The van der Waals surface area contributed by atoms with Crippen molar-refractivity contribution in [2.75, 3.05) is 33.3 Å². The maximum atomic E-state index is 12.5. The van der Waals surface area contributed by atoms with Crippen LogP contribution in [0.3, 0.4) is 0 Å². The summed E-state index contributed by atoms with van der Waals surface area (Å²) in [5.74, 6) is 0.923. The van der Waals surface area contributed by atoms with Crippen LogP contribution in [-0.2, 0) is 11.3 Å². The average molecular weight is 358 g/mol. The molecule has 1 unspecified atom stereocenters. The Hall–Kier alpha value is -2.08. The van der Waals surface area contributed by atoms with E-state index in [0.29, 0.717) is 6.54 Å². The fraction of sp³-hybridized carbons (Fsp3) is 0.600. The van der Waals surface area contributed by atoms with Crippen molar-refractivity contribution in [2.24, 2.45) is 4.99 Å². The number of rotatable bonds is 5. The van der Waals surface area contributed by atoms with Gasteiger partial charge in [-0.2, -0.15) is 0 Å². The fourth-order valence-corrected chi connectivity index (χ4v) is 3.47. The van der Waals surface area contributed by atoms with Gasteiger partial charge in [-0.1, -0.05) is 12.1 Å². The number of ether oxygens (including phenoxy) is 1. The highest BCUT2D eigenvalue weighted by molar-refractivity contribution is 5.94. The maximum Gasteiger partial charge on any atom is 0.253 e. The molecular formula is C20H30N4O2. The van der Waals surface area contributed by atoms with Crippen molar-refractivity contribution in [2.45, 2.75) is 44.8 Å². The van der Waals surface area contributed by atoms with Crippen molar-refractivity contribution in [1.29, 1.82) is 0 Å². The zero-order valence-electron chi connectivity index (χ0n) is 15.7. The minimum Gasteiger partial charge on any atom is -0.376 e. The second-order valence-corrected chi connectivity index (χ2v) is 6.99. The van der Waals surface area contributed by atoms with E-state index in [4.69, 9.17) is 4.74 Å². The van der Waals surface area contributed by atoms with E-state index in [1.54, 1.807) is 7.05 Å². The van der Waals surface area contributed by atoms with E-state index in [1.165, 1.54) is 6.42 Å². The van der Waals surface area contributed by atoms with Crippen molar-refractivity contribution in [1.82, 2.24) is 15.5 Å². The first-order valence-electron chi connectivity index (χ1n) is 9.70. The van der Waals surface area contributed by atoms with Gasteiger partial charge in [-0.05, 0) is 49.8 Å². The molecule has 0 bridgehead atoms. The van der Waals surface area contributed by atoms with Crippen LogP contribution < -0.4 is 10.6 Å². The SMILES string of the molecule is CN=C(NCc1ccc(C(=O)N2CCCCC2)cc1)NCC1CCCO1. The van der Waals surface area contributed by atoms with Gasteiger partial charge in [-0.15, -0.1) is 0 Å². The van der Waals surface area contributed by atoms with Crippen LogP contribution in [0.2, 0.25) is 0 Å². The molecule has 2 aliphatic rings. The van der Waals surface area contributed by atoms with Crippen molar-refractivity contribution in [3.05, 3.63) is 35.4 Å². The van der Waals surface area contributed by atoms with Gasteiger partial charge in [0.25, 0.3) is 5.91 Å². The lowest BCUT2D eigenvalue weighted by molar-refractivity contribution is 0.0724. The molecule has 1 aromatic rings. The Morgan fingerprint density at radius 3 is 2.58 bits per heavy atom. The standard InChI is InChI=1S/C20H30N4O2/c1-21-20(23-15-18-6-5-13-26-18)22-14-16-7-9-17(10-8-16)19(25)24-11-3-2-4-12-24/h7-10,18H,2-6,11-15H2,1H3,(H2,21,22,23). The first-order chi connectivity index (χ1) is 12.8. The van der Waals surface area contributed by atoms with Crippen LogP contribution in [0.1, 0.15) is 48.0 Å². The van der Waals surface area contributed by atoms with Gasteiger partial charge >= 0.3 is 0 Å². The van der Waals surface area contributed by atoms with E-state index in [-0.39, 0.29) is 12.0 Å². The number of likely N-dealkylation sites (tertiary alicyclic amines) is 1. The zero-order chi connectivity index (χ0) is 18.2. The average Bonchev–Trinajstić information content (AvgIpc) is 3.22. The van der Waals surface area contributed by atoms with Gasteiger partial charge in [-0.3, -0.25) is 9.79 Å². The van der Waals surface area contributed by atoms with E-state index in [9.17, 15) is 4.79 Å². The normalized spacial score (nSPS) is 20.9. The monoisotopic (exact) mass is 358 g/mol. The Bertz CT molecular complexity index is 603. The Morgan fingerprint density at radius 2 is 1.92 bits per heavy atom. The third-order valence-corrected chi connectivity index (χ3v) is 5.05. The molecule has 6 heteroatoms. The maximum absolute atomic E-state index is 12.5. The van der Waals surface area contributed by atoms with Gasteiger partial charge in [-0.25, -0.2) is 0 Å². The Labute approximate surface area is 156 Å². The van der Waals surface area contributed by atoms with Gasteiger partial charge < -0.3 is 20.3 Å². The lowest BCUT2D eigenvalue weighted by Gasteiger charge is -2.26. The number of nitrogens with zero attached hydrogens (tertiary/aromatic N) is 2. The van der Waals surface area contributed by atoms with Crippen LogP contribution in [0.25, 0.3) is 0 Å². The summed E-state index contributed by atoms with van der Waals surface area (Å²) in [5, 5.41) is 6.62.